The van der Waals surface area contributed by atoms with Crippen molar-refractivity contribution in [3.63, 3.8) is 0 Å². The van der Waals surface area contributed by atoms with Gasteiger partial charge in [0, 0.05) is 16.7 Å². The first-order chi connectivity index (χ1) is 12.0. The van der Waals surface area contributed by atoms with Crippen LogP contribution in [0.5, 0.6) is 0 Å². The van der Waals surface area contributed by atoms with Gasteiger partial charge in [0.15, 0.2) is 0 Å². The van der Waals surface area contributed by atoms with E-state index in [2.05, 4.69) is 24.6 Å². The summed E-state index contributed by atoms with van der Waals surface area (Å²) in [6, 6.07) is 0. The Morgan fingerprint density at radius 3 is 1.23 bits per heavy atom. The van der Waals surface area contributed by atoms with Gasteiger partial charge in [-0.2, -0.15) is 0 Å². The standard InChI is InChI=1S/C18H26O8/c1-12(2)15(19)23-8-18(11-26-22-7,9-24-16(20)13(3)4)10-25-17(21)14(5)6/h1,3,5,8-11H2,2,4,6-7H3. The molecular weight excluding hydrogens is 344 g/mol. The highest BCUT2D eigenvalue weighted by atomic mass is 17.2. The Bertz CT molecular complexity index is 502. The average Bonchev–Trinajstić information content (AvgIpc) is 2.59. The largest absolute Gasteiger partial charge is 0.461 e. The van der Waals surface area contributed by atoms with Crippen LogP contribution in [0.15, 0.2) is 36.5 Å². The zero-order chi connectivity index (χ0) is 20.3. The minimum atomic E-state index is -1.20. The zero-order valence-electron chi connectivity index (χ0n) is 15.7. The lowest BCUT2D eigenvalue weighted by Gasteiger charge is -2.31. The molecule has 0 aliphatic rings. The van der Waals surface area contributed by atoms with E-state index in [1.807, 2.05) is 0 Å². The van der Waals surface area contributed by atoms with E-state index in [-0.39, 0.29) is 43.1 Å². The lowest BCUT2D eigenvalue weighted by atomic mass is 9.92. The fourth-order valence-corrected chi connectivity index (χ4v) is 1.46. The first-order valence-electron chi connectivity index (χ1n) is 7.68. The molecule has 0 aliphatic carbocycles. The summed E-state index contributed by atoms with van der Waals surface area (Å²) in [7, 11) is 1.28. The van der Waals surface area contributed by atoms with Gasteiger partial charge in [0.2, 0.25) is 0 Å². The van der Waals surface area contributed by atoms with Crippen molar-refractivity contribution in [1.29, 1.82) is 0 Å². The van der Waals surface area contributed by atoms with E-state index in [0.29, 0.717) is 0 Å². The van der Waals surface area contributed by atoms with Gasteiger partial charge in [-0.3, -0.25) is 0 Å². The number of hydrogen-bond acceptors (Lipinski definition) is 8. The molecule has 26 heavy (non-hydrogen) atoms. The third-order valence-electron chi connectivity index (χ3n) is 3.06. The number of esters is 3. The summed E-state index contributed by atoms with van der Waals surface area (Å²) in [5, 5.41) is 0. The Kier molecular flexibility index (Phi) is 10.2. The predicted molar refractivity (Wildman–Crippen MR) is 92.7 cm³/mol. The smallest absolute Gasteiger partial charge is 0.333 e. The molecule has 0 rings (SSSR count). The van der Waals surface area contributed by atoms with E-state index in [0.717, 1.165) is 0 Å². The highest BCUT2D eigenvalue weighted by Crippen LogP contribution is 2.22. The van der Waals surface area contributed by atoms with Crippen molar-refractivity contribution in [3.8, 4) is 0 Å². The number of hydrogen-bond donors (Lipinski definition) is 0. The van der Waals surface area contributed by atoms with Gasteiger partial charge in [0.05, 0.1) is 19.1 Å². The number of carbonyl (C=O) groups is 3. The molecule has 0 aromatic rings. The van der Waals surface area contributed by atoms with E-state index in [9.17, 15) is 14.4 Å². The molecule has 0 saturated heterocycles. The van der Waals surface area contributed by atoms with E-state index in [1.54, 1.807) is 0 Å². The molecule has 8 heteroatoms. The third kappa shape index (κ3) is 8.59. The molecule has 0 aliphatic heterocycles. The maximum absolute atomic E-state index is 11.7. The fourth-order valence-electron chi connectivity index (χ4n) is 1.46. The van der Waals surface area contributed by atoms with E-state index in [1.165, 1.54) is 27.9 Å². The second-order valence-electron chi connectivity index (χ2n) is 6.00. The fraction of sp³-hybridized carbons (Fsp3) is 0.500. The van der Waals surface area contributed by atoms with Crippen LogP contribution in [-0.4, -0.2) is 51.4 Å². The van der Waals surface area contributed by atoms with Crippen molar-refractivity contribution in [3.05, 3.63) is 36.5 Å². The van der Waals surface area contributed by atoms with Crippen molar-refractivity contribution in [2.45, 2.75) is 20.8 Å². The lowest BCUT2D eigenvalue weighted by molar-refractivity contribution is -0.297. The molecule has 0 saturated carbocycles. The zero-order valence-corrected chi connectivity index (χ0v) is 15.7. The molecule has 0 spiro atoms. The minimum Gasteiger partial charge on any atom is -0.461 e. The van der Waals surface area contributed by atoms with E-state index in [4.69, 9.17) is 19.1 Å². The van der Waals surface area contributed by atoms with Crippen LogP contribution in [0.3, 0.4) is 0 Å². The molecule has 0 heterocycles. The van der Waals surface area contributed by atoms with Gasteiger partial charge in [-0.05, 0) is 20.8 Å². The van der Waals surface area contributed by atoms with Gasteiger partial charge < -0.3 is 14.2 Å². The van der Waals surface area contributed by atoms with Crippen molar-refractivity contribution in [1.82, 2.24) is 0 Å². The van der Waals surface area contributed by atoms with Crippen molar-refractivity contribution in [2.75, 3.05) is 33.5 Å². The van der Waals surface area contributed by atoms with Crippen LogP contribution in [0.4, 0.5) is 0 Å². The van der Waals surface area contributed by atoms with Crippen molar-refractivity contribution < 1.29 is 38.4 Å². The molecule has 0 aromatic heterocycles. The summed E-state index contributed by atoms with van der Waals surface area (Å²) in [6.45, 7) is 13.9. The topological polar surface area (TPSA) is 97.4 Å². The molecule has 0 aromatic carbocycles. The normalized spacial score (nSPS) is 10.6. The van der Waals surface area contributed by atoms with Crippen LogP contribution in [0.2, 0.25) is 0 Å². The van der Waals surface area contributed by atoms with Crippen LogP contribution in [0.1, 0.15) is 20.8 Å². The SMILES string of the molecule is C=C(C)C(=O)OCC(COOC)(COC(=O)C(=C)C)COC(=O)C(=C)C. The minimum absolute atomic E-state index is 0.181. The molecule has 0 radical (unpaired) electrons. The van der Waals surface area contributed by atoms with Crippen LogP contribution in [0.25, 0.3) is 0 Å². The summed E-state index contributed by atoms with van der Waals surface area (Å²) >= 11 is 0. The van der Waals surface area contributed by atoms with Crippen molar-refractivity contribution >= 4 is 17.9 Å². The third-order valence-corrected chi connectivity index (χ3v) is 3.06. The summed E-state index contributed by atoms with van der Waals surface area (Å²) in [4.78, 5) is 44.7. The number of carbonyl (C=O) groups excluding carboxylic acids is 3. The molecule has 0 unspecified atom stereocenters. The average molecular weight is 370 g/mol. The summed E-state index contributed by atoms with van der Waals surface area (Å²) in [6.07, 6.45) is 0. The van der Waals surface area contributed by atoms with Crippen LogP contribution < -0.4 is 0 Å². The van der Waals surface area contributed by atoms with Gasteiger partial charge in [0.25, 0.3) is 0 Å². The quantitative estimate of drug-likeness (QED) is 0.169. The first-order valence-corrected chi connectivity index (χ1v) is 7.68. The molecule has 0 bridgehead atoms. The van der Waals surface area contributed by atoms with Crippen LogP contribution in [-0.2, 0) is 38.4 Å². The van der Waals surface area contributed by atoms with Gasteiger partial charge in [0.1, 0.15) is 19.8 Å². The van der Waals surface area contributed by atoms with Gasteiger partial charge in [-0.15, -0.1) is 0 Å². The Labute approximate surface area is 153 Å². The van der Waals surface area contributed by atoms with Crippen molar-refractivity contribution in [2.24, 2.45) is 5.41 Å². The molecule has 0 fully saturated rings. The number of ether oxygens (including phenoxy) is 3. The molecule has 0 N–H and O–H groups in total. The monoisotopic (exact) mass is 370 g/mol. The number of rotatable bonds is 12. The maximum atomic E-state index is 11.7. The van der Waals surface area contributed by atoms with Gasteiger partial charge in [-0.1, -0.05) is 19.7 Å². The second-order valence-corrected chi connectivity index (χ2v) is 6.00. The lowest BCUT2D eigenvalue weighted by Crippen LogP contribution is -2.43. The first kappa shape index (κ1) is 23.5. The van der Waals surface area contributed by atoms with Gasteiger partial charge >= 0.3 is 17.9 Å². The van der Waals surface area contributed by atoms with E-state index < -0.39 is 23.3 Å². The summed E-state index contributed by atoms with van der Waals surface area (Å²) < 4.78 is 15.5. The molecule has 8 nitrogen and oxygen atoms in total. The summed E-state index contributed by atoms with van der Waals surface area (Å²) in [5.41, 5.74) is -0.643. The van der Waals surface area contributed by atoms with Crippen LogP contribution in [0, 0.1) is 5.41 Å². The Hall–Kier alpha value is -2.45. The molecule has 146 valence electrons. The highest BCUT2D eigenvalue weighted by Gasteiger charge is 2.37. The predicted octanol–water partition coefficient (Wildman–Crippen LogP) is 1.91. The van der Waals surface area contributed by atoms with Gasteiger partial charge in [-0.25, -0.2) is 24.2 Å². The maximum Gasteiger partial charge on any atom is 0.333 e. The Balaban J connectivity index is 5.37. The molecular formula is C18H26O8. The molecule has 0 amide bonds. The van der Waals surface area contributed by atoms with Crippen LogP contribution >= 0.6 is 0 Å². The van der Waals surface area contributed by atoms with E-state index >= 15 is 0 Å². The Morgan fingerprint density at radius 1 is 0.692 bits per heavy atom. The summed E-state index contributed by atoms with van der Waals surface area (Å²) in [5.74, 6) is -1.95. The highest BCUT2D eigenvalue weighted by molar-refractivity contribution is 5.88. The Morgan fingerprint density at radius 2 is 1.00 bits per heavy atom. The molecule has 0 atom stereocenters. The second kappa shape index (κ2) is 11.2.